The molecule has 0 bridgehead atoms. The Morgan fingerprint density at radius 3 is 2.41 bits per heavy atom. The maximum absolute atomic E-state index is 3.88. The smallest absolute Gasteiger partial charge is 0.0647 e. The van der Waals surface area contributed by atoms with E-state index in [2.05, 4.69) is 44.8 Å². The average Bonchev–Trinajstić information content (AvgIpc) is 2.29. The zero-order valence-corrected chi connectivity index (χ0v) is 12.8. The van der Waals surface area contributed by atoms with E-state index in [1.165, 1.54) is 44.3 Å². The van der Waals surface area contributed by atoms with E-state index in [0.717, 1.165) is 12.0 Å². The molecule has 1 saturated heterocycles. The zero-order chi connectivity index (χ0) is 12.5. The molecule has 1 aliphatic carbocycles. The minimum Gasteiger partial charge on any atom is -0.300 e. The van der Waals surface area contributed by atoms with Gasteiger partial charge in [-0.1, -0.05) is 27.2 Å². The number of thioether (sulfide) groups is 1. The van der Waals surface area contributed by atoms with Gasteiger partial charge in [-0.05, 0) is 56.1 Å². The molecule has 0 amide bonds. The summed E-state index contributed by atoms with van der Waals surface area (Å²) in [6.45, 7) is 9.61. The zero-order valence-electron chi connectivity index (χ0n) is 12.0. The van der Waals surface area contributed by atoms with Gasteiger partial charge < -0.3 is 5.32 Å². The largest absolute Gasteiger partial charge is 0.300 e. The highest BCUT2D eigenvalue weighted by molar-refractivity contribution is 8.00. The molecular weight excluding hydrogens is 226 g/mol. The van der Waals surface area contributed by atoms with Crippen LogP contribution in [-0.4, -0.2) is 16.7 Å². The van der Waals surface area contributed by atoms with Crippen molar-refractivity contribution in [3.63, 3.8) is 0 Å². The molecule has 1 spiro atoms. The molecular formula is C15H29NS. The fourth-order valence-corrected chi connectivity index (χ4v) is 5.11. The van der Waals surface area contributed by atoms with Crippen LogP contribution < -0.4 is 5.32 Å². The second-order valence-electron chi connectivity index (χ2n) is 6.79. The van der Waals surface area contributed by atoms with Crippen molar-refractivity contribution in [1.29, 1.82) is 0 Å². The quantitative estimate of drug-likeness (QED) is 0.783. The van der Waals surface area contributed by atoms with Crippen molar-refractivity contribution < 1.29 is 0 Å². The highest BCUT2D eigenvalue weighted by Crippen LogP contribution is 2.48. The van der Waals surface area contributed by atoms with Crippen LogP contribution in [0.25, 0.3) is 0 Å². The predicted octanol–water partition coefficient (Wildman–Crippen LogP) is 4.42. The van der Waals surface area contributed by atoms with Gasteiger partial charge in [-0.3, -0.25) is 0 Å². The highest BCUT2D eigenvalue weighted by Gasteiger charge is 2.41. The van der Waals surface area contributed by atoms with E-state index >= 15 is 0 Å². The van der Waals surface area contributed by atoms with Gasteiger partial charge in [-0.25, -0.2) is 0 Å². The SMILES string of the molecule is CCC(C)(C)C1CCC2(CC1)NC(C)CCS2. The highest BCUT2D eigenvalue weighted by atomic mass is 32.2. The molecule has 2 rings (SSSR count). The van der Waals surface area contributed by atoms with Crippen LogP contribution in [0, 0.1) is 11.3 Å². The Morgan fingerprint density at radius 2 is 1.88 bits per heavy atom. The van der Waals surface area contributed by atoms with Gasteiger partial charge >= 0.3 is 0 Å². The second kappa shape index (κ2) is 5.13. The van der Waals surface area contributed by atoms with Crippen molar-refractivity contribution in [2.45, 2.75) is 77.1 Å². The molecule has 1 nitrogen and oxygen atoms in total. The van der Waals surface area contributed by atoms with Crippen molar-refractivity contribution in [3.05, 3.63) is 0 Å². The summed E-state index contributed by atoms with van der Waals surface area (Å²) in [5.41, 5.74) is 0.548. The minimum absolute atomic E-state index is 0.442. The molecule has 1 unspecified atom stereocenters. The molecule has 1 aliphatic heterocycles. The van der Waals surface area contributed by atoms with Gasteiger partial charge in [-0.2, -0.15) is 0 Å². The third-order valence-electron chi connectivity index (χ3n) is 5.25. The van der Waals surface area contributed by atoms with Crippen molar-refractivity contribution in [3.8, 4) is 0 Å². The van der Waals surface area contributed by atoms with Crippen LogP contribution in [0.1, 0.15) is 66.2 Å². The summed E-state index contributed by atoms with van der Waals surface area (Å²) in [5, 5.41) is 3.88. The Morgan fingerprint density at radius 1 is 1.24 bits per heavy atom. The molecule has 1 heterocycles. The summed E-state index contributed by atoms with van der Waals surface area (Å²) >= 11 is 2.20. The van der Waals surface area contributed by atoms with E-state index in [0.29, 0.717) is 10.3 Å². The maximum Gasteiger partial charge on any atom is 0.0647 e. The topological polar surface area (TPSA) is 12.0 Å². The average molecular weight is 255 g/mol. The van der Waals surface area contributed by atoms with Crippen molar-refractivity contribution in [1.82, 2.24) is 5.32 Å². The monoisotopic (exact) mass is 255 g/mol. The molecule has 100 valence electrons. The van der Waals surface area contributed by atoms with Crippen LogP contribution >= 0.6 is 11.8 Å². The summed E-state index contributed by atoms with van der Waals surface area (Å²) in [5.74, 6) is 2.30. The molecule has 1 atom stereocenters. The van der Waals surface area contributed by atoms with E-state index in [1.807, 2.05) is 0 Å². The molecule has 1 saturated carbocycles. The molecule has 17 heavy (non-hydrogen) atoms. The number of hydrogen-bond acceptors (Lipinski definition) is 2. The lowest BCUT2D eigenvalue weighted by atomic mass is 9.68. The van der Waals surface area contributed by atoms with E-state index in [9.17, 15) is 0 Å². The molecule has 0 radical (unpaired) electrons. The summed E-state index contributed by atoms with van der Waals surface area (Å²) in [4.78, 5) is 0.442. The lowest BCUT2D eigenvalue weighted by molar-refractivity contribution is 0.124. The second-order valence-corrected chi connectivity index (χ2v) is 8.27. The predicted molar refractivity (Wildman–Crippen MR) is 78.4 cm³/mol. The van der Waals surface area contributed by atoms with Gasteiger partial charge in [0.25, 0.3) is 0 Å². The van der Waals surface area contributed by atoms with Crippen molar-refractivity contribution in [2.24, 2.45) is 11.3 Å². The number of rotatable bonds is 2. The van der Waals surface area contributed by atoms with Crippen molar-refractivity contribution in [2.75, 3.05) is 5.75 Å². The van der Waals surface area contributed by atoms with Gasteiger partial charge in [0.1, 0.15) is 0 Å². The van der Waals surface area contributed by atoms with Crippen LogP contribution in [0.3, 0.4) is 0 Å². The van der Waals surface area contributed by atoms with Crippen LogP contribution in [0.4, 0.5) is 0 Å². The first-order valence-corrected chi connectivity index (χ1v) is 8.38. The van der Waals surface area contributed by atoms with Crippen LogP contribution in [0.5, 0.6) is 0 Å². The van der Waals surface area contributed by atoms with Crippen LogP contribution in [0.15, 0.2) is 0 Å². The van der Waals surface area contributed by atoms with E-state index < -0.39 is 0 Å². The van der Waals surface area contributed by atoms with E-state index in [1.54, 1.807) is 0 Å². The molecule has 0 aromatic rings. The first-order valence-electron chi connectivity index (χ1n) is 7.39. The molecule has 2 fully saturated rings. The van der Waals surface area contributed by atoms with E-state index in [-0.39, 0.29) is 0 Å². The Balaban J connectivity index is 1.93. The molecule has 2 aliphatic rings. The number of hydrogen-bond donors (Lipinski definition) is 1. The molecule has 2 heteroatoms. The van der Waals surface area contributed by atoms with Gasteiger partial charge in [-0.15, -0.1) is 11.8 Å². The summed E-state index contributed by atoms with van der Waals surface area (Å²) in [7, 11) is 0. The standard InChI is InChI=1S/C15H29NS/c1-5-14(3,4)13-6-9-15(10-7-13)16-12(2)8-11-17-15/h12-13,16H,5-11H2,1-4H3. The minimum atomic E-state index is 0.442. The molecule has 1 N–H and O–H groups in total. The normalized spacial score (nSPS) is 39.5. The molecule has 0 aromatic heterocycles. The molecule has 0 aromatic carbocycles. The first-order chi connectivity index (χ1) is 7.97. The van der Waals surface area contributed by atoms with Gasteiger partial charge in [0.2, 0.25) is 0 Å². The van der Waals surface area contributed by atoms with Gasteiger partial charge in [0.05, 0.1) is 4.87 Å². The van der Waals surface area contributed by atoms with Crippen molar-refractivity contribution >= 4 is 11.8 Å². The Hall–Kier alpha value is 0.310. The third-order valence-corrected chi connectivity index (χ3v) is 6.77. The summed E-state index contributed by atoms with van der Waals surface area (Å²) in [6.07, 6.45) is 8.28. The van der Waals surface area contributed by atoms with Crippen LogP contribution in [0.2, 0.25) is 0 Å². The Kier molecular flexibility index (Phi) is 4.14. The van der Waals surface area contributed by atoms with E-state index in [4.69, 9.17) is 0 Å². The fraction of sp³-hybridized carbons (Fsp3) is 1.00. The summed E-state index contributed by atoms with van der Waals surface area (Å²) < 4.78 is 0. The summed E-state index contributed by atoms with van der Waals surface area (Å²) in [6, 6.07) is 0.729. The maximum atomic E-state index is 3.88. The third kappa shape index (κ3) is 3.01. The Labute approximate surface area is 112 Å². The fourth-order valence-electron chi connectivity index (χ4n) is 3.44. The van der Waals surface area contributed by atoms with Crippen LogP contribution in [-0.2, 0) is 0 Å². The number of nitrogens with one attached hydrogen (secondary N) is 1. The lowest BCUT2D eigenvalue weighted by Gasteiger charge is -2.48. The Bertz CT molecular complexity index is 254. The first kappa shape index (κ1) is 13.7. The van der Waals surface area contributed by atoms with Gasteiger partial charge in [0, 0.05) is 6.04 Å². The van der Waals surface area contributed by atoms with Gasteiger partial charge in [0.15, 0.2) is 0 Å². The lowest BCUT2D eigenvalue weighted by Crippen LogP contribution is -2.53.